The van der Waals surface area contributed by atoms with Crippen LogP contribution in [0.4, 0.5) is 5.69 Å². The quantitative estimate of drug-likeness (QED) is 0.215. The monoisotopic (exact) mass is 421 g/mol. The lowest BCUT2D eigenvalue weighted by Gasteiger charge is -2.06. The maximum Gasteiger partial charge on any atom is 0.284 e. The number of aromatic nitrogens is 3. The Bertz CT molecular complexity index is 1250. The van der Waals surface area contributed by atoms with Crippen LogP contribution in [0.25, 0.3) is 11.4 Å². The van der Waals surface area contributed by atoms with E-state index in [1.807, 2.05) is 0 Å². The molecule has 0 aliphatic carbocycles. The SMILES string of the molecule is Cc1occc1-c1nnc(Sc2ccc(C(=O)c3ccccc3)cc2[N+](=O)[O-])n1N. The highest BCUT2D eigenvalue weighted by Crippen LogP contribution is 2.36. The first-order valence-electron chi connectivity index (χ1n) is 8.76. The lowest BCUT2D eigenvalue weighted by Crippen LogP contribution is -2.11. The molecule has 0 radical (unpaired) electrons. The van der Waals surface area contributed by atoms with E-state index in [0.717, 1.165) is 11.8 Å². The summed E-state index contributed by atoms with van der Waals surface area (Å²) >= 11 is 0.990. The number of carbonyl (C=O) groups excluding carboxylic acids is 1. The van der Waals surface area contributed by atoms with Gasteiger partial charge in [-0.1, -0.05) is 30.3 Å². The van der Waals surface area contributed by atoms with Crippen LogP contribution in [0.15, 0.2) is 75.3 Å². The Kier molecular flexibility index (Phi) is 5.07. The lowest BCUT2D eigenvalue weighted by molar-refractivity contribution is -0.387. The summed E-state index contributed by atoms with van der Waals surface area (Å²) in [6.45, 7) is 1.77. The second-order valence-electron chi connectivity index (χ2n) is 6.30. The molecule has 2 heterocycles. The number of hydrogen-bond donors (Lipinski definition) is 1. The van der Waals surface area contributed by atoms with Crippen LogP contribution in [-0.2, 0) is 0 Å². The van der Waals surface area contributed by atoms with E-state index in [1.54, 1.807) is 49.4 Å². The molecular weight excluding hydrogens is 406 g/mol. The van der Waals surface area contributed by atoms with Gasteiger partial charge in [-0.05, 0) is 36.9 Å². The smallest absolute Gasteiger partial charge is 0.284 e. The molecule has 2 aromatic carbocycles. The Hall–Kier alpha value is -3.92. The maximum absolute atomic E-state index is 12.6. The summed E-state index contributed by atoms with van der Waals surface area (Å²) in [6, 6.07) is 14.6. The first-order chi connectivity index (χ1) is 14.5. The van der Waals surface area contributed by atoms with Crippen molar-refractivity contribution in [2.45, 2.75) is 17.0 Å². The Balaban J connectivity index is 1.67. The molecule has 4 aromatic rings. The molecule has 0 aliphatic rings. The largest absolute Gasteiger partial charge is 0.469 e. The van der Waals surface area contributed by atoms with E-state index in [4.69, 9.17) is 10.3 Å². The Morgan fingerprint density at radius 1 is 1.13 bits per heavy atom. The van der Waals surface area contributed by atoms with Crippen LogP contribution in [0, 0.1) is 17.0 Å². The van der Waals surface area contributed by atoms with Gasteiger partial charge in [0.05, 0.1) is 21.6 Å². The summed E-state index contributed by atoms with van der Waals surface area (Å²) in [7, 11) is 0. The highest BCUT2D eigenvalue weighted by atomic mass is 32.2. The first-order valence-corrected chi connectivity index (χ1v) is 9.58. The highest BCUT2D eigenvalue weighted by molar-refractivity contribution is 7.99. The molecule has 0 unspecified atom stereocenters. The van der Waals surface area contributed by atoms with Gasteiger partial charge in [0.1, 0.15) is 5.76 Å². The van der Waals surface area contributed by atoms with E-state index >= 15 is 0 Å². The van der Waals surface area contributed by atoms with Crippen LogP contribution in [-0.4, -0.2) is 25.6 Å². The number of ketones is 1. The minimum absolute atomic E-state index is 0.217. The van der Waals surface area contributed by atoms with Crippen LogP contribution in [0.2, 0.25) is 0 Å². The molecule has 0 amide bonds. The third kappa shape index (κ3) is 3.55. The molecule has 150 valence electrons. The van der Waals surface area contributed by atoms with Crippen molar-refractivity contribution in [1.29, 1.82) is 0 Å². The van der Waals surface area contributed by atoms with Gasteiger partial charge < -0.3 is 10.3 Å². The number of aryl methyl sites for hydroxylation is 1. The van der Waals surface area contributed by atoms with Gasteiger partial charge in [-0.2, -0.15) is 0 Å². The van der Waals surface area contributed by atoms with Crippen LogP contribution < -0.4 is 5.84 Å². The summed E-state index contributed by atoms with van der Waals surface area (Å²) in [4.78, 5) is 24.0. The third-order valence-electron chi connectivity index (χ3n) is 4.42. The van der Waals surface area contributed by atoms with Crippen molar-refractivity contribution in [2.75, 3.05) is 5.84 Å². The maximum atomic E-state index is 12.6. The van der Waals surface area contributed by atoms with E-state index in [2.05, 4.69) is 10.2 Å². The molecular formula is C20H15N5O4S. The Morgan fingerprint density at radius 2 is 1.90 bits per heavy atom. The molecule has 0 atom stereocenters. The topological polar surface area (TPSA) is 130 Å². The number of nitrogen functional groups attached to an aromatic ring is 1. The lowest BCUT2D eigenvalue weighted by atomic mass is 10.0. The molecule has 0 bridgehead atoms. The van der Waals surface area contributed by atoms with E-state index in [-0.39, 0.29) is 22.2 Å². The molecule has 0 saturated carbocycles. The summed E-state index contributed by atoms with van der Waals surface area (Å²) in [5.41, 5.74) is 1.14. The number of hydrogen-bond acceptors (Lipinski definition) is 8. The van der Waals surface area contributed by atoms with Crippen molar-refractivity contribution < 1.29 is 14.1 Å². The average Bonchev–Trinajstić information content (AvgIpc) is 3.33. The molecule has 4 rings (SSSR count). The van der Waals surface area contributed by atoms with E-state index in [0.29, 0.717) is 27.6 Å². The number of carbonyl (C=O) groups is 1. The zero-order valence-corrected chi connectivity index (χ0v) is 16.5. The predicted octanol–water partition coefficient (Wildman–Crippen LogP) is 3.85. The molecule has 10 heteroatoms. The average molecular weight is 421 g/mol. The van der Waals surface area contributed by atoms with Gasteiger partial charge in [-0.3, -0.25) is 14.9 Å². The zero-order chi connectivity index (χ0) is 21.3. The van der Waals surface area contributed by atoms with Crippen LogP contribution >= 0.6 is 11.8 Å². The standard InChI is InChI=1S/C20H15N5O4S/c1-12-15(9-10-29-12)19-22-23-20(24(19)21)30-17-8-7-14(11-16(17)25(27)28)18(26)13-5-3-2-4-6-13/h2-11H,21H2,1H3. The number of nitro groups is 1. The number of rotatable bonds is 6. The van der Waals surface area contributed by atoms with Gasteiger partial charge in [0, 0.05) is 17.2 Å². The van der Waals surface area contributed by atoms with Crippen LogP contribution in [0.3, 0.4) is 0 Å². The second-order valence-corrected chi connectivity index (χ2v) is 7.31. The number of nitro benzene ring substituents is 1. The van der Waals surface area contributed by atoms with Gasteiger partial charge in [-0.25, -0.2) is 4.68 Å². The minimum Gasteiger partial charge on any atom is -0.469 e. The summed E-state index contributed by atoms with van der Waals surface area (Å²) in [5, 5.41) is 20.0. The van der Waals surface area contributed by atoms with E-state index < -0.39 is 4.92 Å². The number of furan rings is 1. The number of nitrogens with zero attached hydrogens (tertiary/aromatic N) is 4. The Morgan fingerprint density at radius 3 is 2.57 bits per heavy atom. The summed E-state index contributed by atoms with van der Waals surface area (Å²) in [6.07, 6.45) is 1.51. The number of benzene rings is 2. The van der Waals surface area contributed by atoms with Gasteiger partial charge in [0.2, 0.25) is 5.16 Å². The van der Waals surface area contributed by atoms with Gasteiger partial charge in [0.15, 0.2) is 11.6 Å². The molecule has 0 spiro atoms. The predicted molar refractivity (Wildman–Crippen MR) is 110 cm³/mol. The zero-order valence-electron chi connectivity index (χ0n) is 15.7. The van der Waals surface area contributed by atoms with Crippen LogP contribution in [0.5, 0.6) is 0 Å². The number of nitrogens with two attached hydrogens (primary N) is 1. The van der Waals surface area contributed by atoms with Gasteiger partial charge in [0.25, 0.3) is 5.69 Å². The molecule has 9 nitrogen and oxygen atoms in total. The molecule has 0 saturated heterocycles. The van der Waals surface area contributed by atoms with Crippen molar-refractivity contribution in [3.63, 3.8) is 0 Å². The molecule has 0 fully saturated rings. The fourth-order valence-electron chi connectivity index (χ4n) is 2.89. The second kappa shape index (κ2) is 7.84. The Labute approximate surface area is 174 Å². The van der Waals surface area contributed by atoms with Gasteiger partial charge in [-0.15, -0.1) is 10.2 Å². The van der Waals surface area contributed by atoms with Crippen molar-refractivity contribution in [3.8, 4) is 11.4 Å². The third-order valence-corrected chi connectivity index (χ3v) is 5.45. The summed E-state index contributed by atoms with van der Waals surface area (Å²) in [5.74, 6) is 6.80. The van der Waals surface area contributed by atoms with Gasteiger partial charge >= 0.3 is 0 Å². The highest BCUT2D eigenvalue weighted by Gasteiger charge is 2.22. The fraction of sp³-hybridized carbons (Fsp3) is 0.0500. The van der Waals surface area contributed by atoms with Crippen molar-refractivity contribution in [3.05, 3.63) is 87.9 Å². The van der Waals surface area contributed by atoms with Crippen molar-refractivity contribution in [2.24, 2.45) is 0 Å². The molecule has 0 aliphatic heterocycles. The summed E-state index contributed by atoms with van der Waals surface area (Å²) < 4.78 is 6.50. The van der Waals surface area contributed by atoms with Crippen molar-refractivity contribution in [1.82, 2.24) is 14.9 Å². The fourth-order valence-corrected chi connectivity index (χ4v) is 3.73. The minimum atomic E-state index is -0.539. The van der Waals surface area contributed by atoms with Crippen LogP contribution in [0.1, 0.15) is 21.7 Å². The molecule has 2 N–H and O–H groups in total. The van der Waals surface area contributed by atoms with E-state index in [1.165, 1.54) is 23.1 Å². The molecule has 2 aromatic heterocycles. The normalized spacial score (nSPS) is 10.8. The molecule has 30 heavy (non-hydrogen) atoms. The van der Waals surface area contributed by atoms with Crippen molar-refractivity contribution >= 4 is 23.2 Å². The van der Waals surface area contributed by atoms with E-state index in [9.17, 15) is 14.9 Å². The first kappa shape index (κ1) is 19.4.